The van der Waals surface area contributed by atoms with Crippen LogP contribution in [0.5, 0.6) is 0 Å². The van der Waals surface area contributed by atoms with Gasteiger partial charge in [-0.15, -0.1) is 0 Å². The Kier molecular flexibility index (Phi) is 8.94. The quantitative estimate of drug-likeness (QED) is 0.162. The highest BCUT2D eigenvalue weighted by Gasteiger charge is 2.59. The van der Waals surface area contributed by atoms with Crippen molar-refractivity contribution in [2.75, 3.05) is 20.2 Å². The predicted molar refractivity (Wildman–Crippen MR) is 146 cm³/mol. The van der Waals surface area contributed by atoms with Gasteiger partial charge in [-0.2, -0.15) is 0 Å². The molecule has 0 heterocycles. The minimum atomic E-state index is -0.0434. The summed E-state index contributed by atoms with van der Waals surface area (Å²) in [4.78, 5) is 16.1. The SMILES string of the molecule is C=C/C=C\C=N/CCN[C@@H]1CCC2(C)C3CCC4(C)C(CCCC(=O)OC)CCC4C3CC[C@H]2C1. The molecular formula is C31H50N2O2. The van der Waals surface area contributed by atoms with Crippen LogP contribution in [0.4, 0.5) is 0 Å². The summed E-state index contributed by atoms with van der Waals surface area (Å²) in [5.74, 6) is 4.41. The van der Waals surface area contributed by atoms with E-state index in [0.29, 0.717) is 23.3 Å². The molecular weight excluding hydrogens is 432 g/mol. The first kappa shape index (κ1) is 26.6. The molecule has 0 aromatic heterocycles. The fraction of sp³-hybridized carbons (Fsp3) is 0.806. The van der Waals surface area contributed by atoms with E-state index in [1.165, 1.54) is 71.3 Å². The normalized spacial score (nSPS) is 40.9. The van der Waals surface area contributed by atoms with Crippen LogP contribution in [-0.2, 0) is 9.53 Å². The van der Waals surface area contributed by atoms with Crippen LogP contribution < -0.4 is 5.32 Å². The maximum Gasteiger partial charge on any atom is 0.305 e. The molecule has 0 radical (unpaired) electrons. The zero-order valence-corrected chi connectivity index (χ0v) is 22.6. The number of hydrogen-bond acceptors (Lipinski definition) is 4. The number of nitrogens with one attached hydrogen (secondary N) is 1. The van der Waals surface area contributed by atoms with Crippen LogP contribution >= 0.6 is 0 Å². The Morgan fingerprint density at radius 3 is 2.66 bits per heavy atom. The number of esters is 1. The van der Waals surface area contributed by atoms with Crippen molar-refractivity contribution < 1.29 is 9.53 Å². The summed E-state index contributed by atoms with van der Waals surface area (Å²) in [6.07, 6.45) is 22.9. The number of rotatable bonds is 10. The van der Waals surface area contributed by atoms with E-state index in [9.17, 15) is 4.79 Å². The van der Waals surface area contributed by atoms with Gasteiger partial charge in [0, 0.05) is 25.2 Å². The Balaban J connectivity index is 1.30. The molecule has 0 aliphatic heterocycles. The second-order valence-electron chi connectivity index (χ2n) is 12.5. The van der Waals surface area contributed by atoms with Gasteiger partial charge in [-0.3, -0.25) is 9.79 Å². The largest absolute Gasteiger partial charge is 0.469 e. The van der Waals surface area contributed by atoms with Crippen molar-refractivity contribution >= 4 is 12.2 Å². The van der Waals surface area contributed by atoms with Gasteiger partial charge >= 0.3 is 5.97 Å². The van der Waals surface area contributed by atoms with E-state index >= 15 is 0 Å². The van der Waals surface area contributed by atoms with Crippen molar-refractivity contribution in [2.45, 2.75) is 96.9 Å². The lowest BCUT2D eigenvalue weighted by Crippen LogP contribution is -2.55. The number of carbonyl (C=O) groups excluding carboxylic acids is 1. The second-order valence-corrected chi connectivity index (χ2v) is 12.5. The van der Waals surface area contributed by atoms with Gasteiger partial charge in [0.15, 0.2) is 0 Å². The summed E-state index contributed by atoms with van der Waals surface area (Å²) in [5, 5.41) is 3.82. The van der Waals surface area contributed by atoms with Gasteiger partial charge in [0.05, 0.1) is 13.7 Å². The number of carbonyl (C=O) groups is 1. The van der Waals surface area contributed by atoms with Crippen molar-refractivity contribution in [3.8, 4) is 0 Å². The molecule has 6 unspecified atom stereocenters. The van der Waals surface area contributed by atoms with Gasteiger partial charge in [-0.05, 0) is 117 Å². The Bertz CT molecular complexity index is 791. The molecule has 4 aliphatic rings. The summed E-state index contributed by atoms with van der Waals surface area (Å²) < 4.78 is 4.88. The zero-order valence-electron chi connectivity index (χ0n) is 22.6. The van der Waals surface area contributed by atoms with E-state index in [0.717, 1.165) is 49.1 Å². The van der Waals surface area contributed by atoms with Gasteiger partial charge in [-0.25, -0.2) is 0 Å². The lowest BCUT2D eigenvalue weighted by molar-refractivity contribution is -0.141. The fourth-order valence-electron chi connectivity index (χ4n) is 9.22. The number of methoxy groups -OCH3 is 1. The van der Waals surface area contributed by atoms with E-state index in [2.05, 4.69) is 30.7 Å². The molecule has 4 fully saturated rings. The molecule has 4 nitrogen and oxygen atoms in total. The first-order valence-corrected chi connectivity index (χ1v) is 14.5. The molecule has 4 saturated carbocycles. The Labute approximate surface area is 214 Å². The molecule has 0 amide bonds. The number of aliphatic imine (C=N–C) groups is 1. The third-order valence-electron chi connectivity index (χ3n) is 11.1. The second kappa shape index (κ2) is 11.8. The number of hydrogen-bond donors (Lipinski definition) is 1. The molecule has 8 atom stereocenters. The van der Waals surface area contributed by atoms with Crippen LogP contribution in [0.3, 0.4) is 0 Å². The van der Waals surface area contributed by atoms with Gasteiger partial charge < -0.3 is 10.1 Å². The van der Waals surface area contributed by atoms with Crippen molar-refractivity contribution in [1.82, 2.24) is 5.32 Å². The first-order chi connectivity index (χ1) is 16.9. The van der Waals surface area contributed by atoms with Crippen molar-refractivity contribution in [3.63, 3.8) is 0 Å². The molecule has 4 heteroatoms. The lowest BCUT2D eigenvalue weighted by Gasteiger charge is -2.61. The standard InChI is InChI=1S/C31H50N2O2/c1-5-6-7-19-32-20-21-33-25-15-17-31(3)24(22-25)11-13-26-27-14-12-23(9-8-10-29(34)35-4)30(27,2)18-16-28(26)31/h5-7,19,23-28,33H,1,8-18,20-22H2,2-4H3/b7-6-,32-19-/t23?,24-,25+,26?,27?,28?,30?,31?/m0/s1. The predicted octanol–water partition coefficient (Wildman–Crippen LogP) is 6.76. The fourth-order valence-corrected chi connectivity index (χ4v) is 9.22. The van der Waals surface area contributed by atoms with E-state index in [-0.39, 0.29) is 5.97 Å². The smallest absolute Gasteiger partial charge is 0.305 e. The van der Waals surface area contributed by atoms with Crippen LogP contribution in [0.15, 0.2) is 29.8 Å². The zero-order chi connectivity index (χ0) is 24.9. The highest BCUT2D eigenvalue weighted by atomic mass is 16.5. The molecule has 0 aromatic carbocycles. The Morgan fingerprint density at radius 2 is 1.86 bits per heavy atom. The third-order valence-corrected chi connectivity index (χ3v) is 11.1. The Hall–Kier alpha value is -1.42. The van der Waals surface area contributed by atoms with Gasteiger partial charge in [-0.1, -0.05) is 32.6 Å². The highest BCUT2D eigenvalue weighted by molar-refractivity contribution is 5.71. The van der Waals surface area contributed by atoms with Crippen molar-refractivity contribution in [2.24, 2.45) is 45.4 Å². The monoisotopic (exact) mass is 482 g/mol. The number of allylic oxidation sites excluding steroid dienone is 3. The summed E-state index contributed by atoms with van der Waals surface area (Å²) in [5.41, 5.74) is 1.04. The summed E-state index contributed by atoms with van der Waals surface area (Å²) in [6, 6.07) is 0.670. The summed E-state index contributed by atoms with van der Waals surface area (Å²) >= 11 is 0. The van der Waals surface area contributed by atoms with Crippen LogP contribution in [-0.4, -0.2) is 38.4 Å². The molecule has 0 saturated heterocycles. The minimum absolute atomic E-state index is 0.0434. The number of nitrogens with zero attached hydrogens (tertiary/aromatic N) is 1. The minimum Gasteiger partial charge on any atom is -0.469 e. The third kappa shape index (κ3) is 5.63. The first-order valence-electron chi connectivity index (χ1n) is 14.5. The summed E-state index contributed by atoms with van der Waals surface area (Å²) in [7, 11) is 1.51. The van der Waals surface area contributed by atoms with Crippen LogP contribution in [0.25, 0.3) is 0 Å². The van der Waals surface area contributed by atoms with E-state index < -0.39 is 0 Å². The molecule has 1 N–H and O–H groups in total. The molecule has 196 valence electrons. The average molecular weight is 483 g/mol. The van der Waals surface area contributed by atoms with Crippen LogP contribution in [0, 0.1) is 40.4 Å². The molecule has 0 aromatic rings. The number of ether oxygens (including phenoxy) is 1. The molecule has 0 bridgehead atoms. The average Bonchev–Trinajstić information content (AvgIpc) is 3.19. The Morgan fingerprint density at radius 1 is 1.06 bits per heavy atom. The van der Waals surface area contributed by atoms with Crippen molar-refractivity contribution in [1.29, 1.82) is 0 Å². The maximum absolute atomic E-state index is 11.6. The highest BCUT2D eigenvalue weighted by Crippen LogP contribution is 2.67. The maximum atomic E-state index is 11.6. The molecule has 4 aliphatic carbocycles. The van der Waals surface area contributed by atoms with Gasteiger partial charge in [0.1, 0.15) is 0 Å². The lowest BCUT2D eigenvalue weighted by atomic mass is 9.44. The van der Waals surface area contributed by atoms with E-state index in [1.807, 2.05) is 18.4 Å². The number of fused-ring (bicyclic) bond motifs is 5. The molecule has 35 heavy (non-hydrogen) atoms. The van der Waals surface area contributed by atoms with Crippen LogP contribution in [0.1, 0.15) is 90.9 Å². The molecule has 0 spiro atoms. The van der Waals surface area contributed by atoms with E-state index in [1.54, 1.807) is 6.08 Å². The topological polar surface area (TPSA) is 50.7 Å². The van der Waals surface area contributed by atoms with E-state index in [4.69, 9.17) is 4.74 Å². The van der Waals surface area contributed by atoms with Gasteiger partial charge in [0.2, 0.25) is 0 Å². The summed E-state index contributed by atoms with van der Waals surface area (Å²) in [6.45, 7) is 10.8. The molecule has 4 rings (SSSR count). The van der Waals surface area contributed by atoms with Crippen molar-refractivity contribution in [3.05, 3.63) is 24.8 Å². The van der Waals surface area contributed by atoms with Gasteiger partial charge in [0.25, 0.3) is 0 Å². The van der Waals surface area contributed by atoms with Crippen LogP contribution in [0.2, 0.25) is 0 Å².